The smallest absolute Gasteiger partial charge is 0.321 e. The van der Waals surface area contributed by atoms with Gasteiger partial charge in [0.25, 0.3) is 0 Å². The van der Waals surface area contributed by atoms with Gasteiger partial charge < -0.3 is 23.5 Å². The number of amides is 1. The molecule has 0 fully saturated rings. The fourth-order valence-electron chi connectivity index (χ4n) is 4.63. The Balaban J connectivity index is 1.87. The minimum atomic E-state index is -1.11. The first-order chi connectivity index (χ1) is 17.9. The molecule has 9 heteroatoms. The van der Waals surface area contributed by atoms with E-state index in [9.17, 15) is 9.59 Å². The number of imidazole rings is 1. The van der Waals surface area contributed by atoms with Crippen molar-refractivity contribution < 1.29 is 28.5 Å². The lowest BCUT2D eigenvalue weighted by Crippen LogP contribution is -2.51. The molecule has 0 bridgehead atoms. The highest BCUT2D eigenvalue weighted by molar-refractivity contribution is 6.08. The molecule has 0 unspecified atom stereocenters. The summed E-state index contributed by atoms with van der Waals surface area (Å²) in [5.74, 6) is 0.0459. The van der Waals surface area contributed by atoms with Crippen molar-refractivity contribution >= 4 is 28.9 Å². The van der Waals surface area contributed by atoms with Crippen LogP contribution in [-0.4, -0.2) is 62.0 Å². The van der Waals surface area contributed by atoms with E-state index in [0.29, 0.717) is 36.6 Å². The molecule has 1 amide bonds. The average molecular weight is 510 g/mol. The molecule has 0 saturated carbocycles. The molecule has 4 rings (SSSR count). The van der Waals surface area contributed by atoms with Gasteiger partial charge in [-0.2, -0.15) is 0 Å². The number of esters is 1. The van der Waals surface area contributed by atoms with E-state index in [0.717, 1.165) is 23.0 Å². The number of nitrogens with zero attached hydrogens (tertiary/aromatic N) is 3. The van der Waals surface area contributed by atoms with Gasteiger partial charge in [-0.1, -0.05) is 32.0 Å². The Kier molecular flexibility index (Phi) is 8.33. The first-order valence-corrected chi connectivity index (χ1v) is 12.7. The number of hydrogen-bond acceptors (Lipinski definition) is 7. The lowest BCUT2D eigenvalue weighted by Gasteiger charge is -2.38. The van der Waals surface area contributed by atoms with Gasteiger partial charge in [0.2, 0.25) is 11.9 Å². The summed E-state index contributed by atoms with van der Waals surface area (Å²) in [6.45, 7) is 7.29. The molecule has 2 atom stereocenters. The zero-order chi connectivity index (χ0) is 26.5. The highest BCUT2D eigenvalue weighted by Crippen LogP contribution is 2.43. The molecule has 0 spiro atoms. The van der Waals surface area contributed by atoms with Crippen molar-refractivity contribution in [2.75, 3.05) is 45.5 Å². The number of benzene rings is 2. The number of para-hydroxylation sites is 2. The number of hydrogen-bond donors (Lipinski definition) is 0. The zero-order valence-electron chi connectivity index (χ0n) is 22.1. The summed E-state index contributed by atoms with van der Waals surface area (Å²) >= 11 is 0. The summed E-state index contributed by atoms with van der Waals surface area (Å²) in [7, 11) is 3.15. The Morgan fingerprint density at radius 3 is 2.57 bits per heavy atom. The van der Waals surface area contributed by atoms with E-state index in [1.54, 1.807) is 21.1 Å². The van der Waals surface area contributed by atoms with E-state index in [4.69, 9.17) is 23.9 Å². The molecule has 0 N–H and O–H groups in total. The quantitative estimate of drug-likeness (QED) is 0.282. The van der Waals surface area contributed by atoms with Gasteiger partial charge in [0.05, 0.1) is 50.6 Å². The molecule has 2 aromatic carbocycles. The summed E-state index contributed by atoms with van der Waals surface area (Å²) in [6, 6.07) is 12.5. The number of ether oxygens (including phenoxy) is 4. The number of rotatable bonds is 11. The second kappa shape index (κ2) is 11.6. The van der Waals surface area contributed by atoms with E-state index in [1.807, 2.05) is 47.0 Å². The van der Waals surface area contributed by atoms with Crippen LogP contribution >= 0.6 is 0 Å². The molecule has 0 saturated heterocycles. The summed E-state index contributed by atoms with van der Waals surface area (Å²) in [5, 5.41) is 0. The van der Waals surface area contributed by atoms with Crippen LogP contribution < -0.4 is 14.4 Å². The molecule has 0 aliphatic carbocycles. The number of anilines is 1. The van der Waals surface area contributed by atoms with E-state index >= 15 is 0 Å². The molecular weight excluding hydrogens is 474 g/mol. The highest BCUT2D eigenvalue weighted by atomic mass is 16.5. The van der Waals surface area contributed by atoms with Gasteiger partial charge in [0.15, 0.2) is 17.4 Å². The molecule has 1 aromatic heterocycles. The van der Waals surface area contributed by atoms with E-state index in [-0.39, 0.29) is 19.1 Å². The van der Waals surface area contributed by atoms with Crippen molar-refractivity contribution in [2.24, 2.45) is 11.8 Å². The average Bonchev–Trinajstić information content (AvgIpc) is 3.26. The summed E-state index contributed by atoms with van der Waals surface area (Å²) in [4.78, 5) is 33.5. The third-order valence-corrected chi connectivity index (χ3v) is 6.49. The summed E-state index contributed by atoms with van der Waals surface area (Å²) < 4.78 is 24.2. The van der Waals surface area contributed by atoms with Gasteiger partial charge >= 0.3 is 5.97 Å². The van der Waals surface area contributed by atoms with Crippen LogP contribution in [0.5, 0.6) is 11.5 Å². The number of fused-ring (bicyclic) bond motifs is 3. The largest absolute Gasteiger partial charge is 0.493 e. The Morgan fingerprint density at radius 1 is 1.08 bits per heavy atom. The second-order valence-corrected chi connectivity index (χ2v) is 9.37. The molecular formula is C28H35N3O6. The maximum atomic E-state index is 13.9. The second-order valence-electron chi connectivity index (χ2n) is 9.37. The zero-order valence-corrected chi connectivity index (χ0v) is 22.1. The molecule has 1 aliphatic rings. The maximum absolute atomic E-state index is 13.9. The minimum Gasteiger partial charge on any atom is -0.493 e. The standard InChI is InChI=1S/C28H35N3O6/c1-6-36-27(33)24-25(19-11-12-22(23(17-19)35-5)37-15-13-18(2)3)31-21-10-8-7-9-20(21)29-28(31)30(26(24)32)14-16-34-4/h7-12,17-18,24-25H,6,13-16H2,1-5H3/t24-,25-/m0/s1. The Morgan fingerprint density at radius 2 is 1.86 bits per heavy atom. The predicted octanol–water partition coefficient (Wildman–Crippen LogP) is 4.23. The fraction of sp³-hybridized carbons (Fsp3) is 0.464. The van der Waals surface area contributed by atoms with Crippen LogP contribution in [0.4, 0.5) is 5.95 Å². The van der Waals surface area contributed by atoms with Crippen LogP contribution in [0.3, 0.4) is 0 Å². The van der Waals surface area contributed by atoms with E-state index < -0.39 is 17.9 Å². The van der Waals surface area contributed by atoms with Crippen molar-refractivity contribution in [3.05, 3.63) is 48.0 Å². The van der Waals surface area contributed by atoms with Crippen LogP contribution in [0.2, 0.25) is 0 Å². The summed E-state index contributed by atoms with van der Waals surface area (Å²) in [5.41, 5.74) is 2.25. The van der Waals surface area contributed by atoms with Crippen LogP contribution in [0.1, 0.15) is 38.8 Å². The molecule has 1 aliphatic heterocycles. The third kappa shape index (κ3) is 5.27. The highest BCUT2D eigenvalue weighted by Gasteiger charge is 2.48. The molecule has 37 heavy (non-hydrogen) atoms. The predicted molar refractivity (Wildman–Crippen MR) is 140 cm³/mol. The number of aromatic nitrogens is 2. The van der Waals surface area contributed by atoms with Crippen LogP contribution in [-0.2, 0) is 19.1 Å². The fourth-order valence-corrected chi connectivity index (χ4v) is 4.63. The molecule has 9 nitrogen and oxygen atoms in total. The van der Waals surface area contributed by atoms with Gasteiger partial charge in [0.1, 0.15) is 0 Å². The van der Waals surface area contributed by atoms with Crippen molar-refractivity contribution in [2.45, 2.75) is 33.2 Å². The molecule has 2 heterocycles. The normalized spacial score (nSPS) is 17.2. The molecule has 3 aromatic rings. The molecule has 198 valence electrons. The van der Waals surface area contributed by atoms with Crippen LogP contribution in [0.15, 0.2) is 42.5 Å². The Bertz CT molecular complexity index is 1250. The maximum Gasteiger partial charge on any atom is 0.321 e. The molecule has 0 radical (unpaired) electrons. The lowest BCUT2D eigenvalue weighted by atomic mass is 9.89. The van der Waals surface area contributed by atoms with E-state index in [2.05, 4.69) is 13.8 Å². The van der Waals surface area contributed by atoms with Gasteiger partial charge in [-0.15, -0.1) is 0 Å². The number of carbonyl (C=O) groups is 2. The Hall–Kier alpha value is -3.59. The first kappa shape index (κ1) is 26.5. The monoisotopic (exact) mass is 509 g/mol. The van der Waals surface area contributed by atoms with Crippen molar-refractivity contribution in [1.82, 2.24) is 9.55 Å². The van der Waals surface area contributed by atoms with Crippen molar-refractivity contribution in [3.63, 3.8) is 0 Å². The first-order valence-electron chi connectivity index (χ1n) is 12.7. The topological polar surface area (TPSA) is 92.1 Å². The Labute approximate surface area is 217 Å². The number of methoxy groups -OCH3 is 2. The lowest BCUT2D eigenvalue weighted by molar-refractivity contribution is -0.153. The van der Waals surface area contributed by atoms with Gasteiger partial charge in [-0.05, 0) is 49.1 Å². The van der Waals surface area contributed by atoms with Gasteiger partial charge in [-0.25, -0.2) is 4.98 Å². The van der Waals surface area contributed by atoms with Gasteiger partial charge in [-0.3, -0.25) is 14.5 Å². The van der Waals surface area contributed by atoms with Crippen molar-refractivity contribution in [1.29, 1.82) is 0 Å². The van der Waals surface area contributed by atoms with Crippen LogP contribution in [0.25, 0.3) is 11.0 Å². The SMILES string of the molecule is CCOC(=O)[C@@H]1C(=O)N(CCOC)c2nc3ccccc3n2[C@H]1c1ccc(OCCC(C)C)c(OC)c1. The minimum absolute atomic E-state index is 0.164. The third-order valence-electron chi connectivity index (χ3n) is 6.49. The van der Waals surface area contributed by atoms with Crippen molar-refractivity contribution in [3.8, 4) is 11.5 Å². The number of carbonyl (C=O) groups excluding carboxylic acids is 2. The van der Waals surface area contributed by atoms with Crippen LogP contribution in [0, 0.1) is 11.8 Å². The summed E-state index contributed by atoms with van der Waals surface area (Å²) in [6.07, 6.45) is 0.911. The van der Waals surface area contributed by atoms with E-state index in [1.165, 1.54) is 4.90 Å². The van der Waals surface area contributed by atoms with Gasteiger partial charge in [0, 0.05) is 7.11 Å².